The Morgan fingerprint density at radius 2 is 1.78 bits per heavy atom. The molecule has 1 saturated heterocycles. The van der Waals surface area contributed by atoms with Crippen LogP contribution in [0.15, 0.2) is 48.5 Å². The van der Waals surface area contributed by atoms with Crippen LogP contribution in [0.5, 0.6) is 0 Å². The Morgan fingerprint density at radius 3 is 2.59 bits per heavy atom. The van der Waals surface area contributed by atoms with E-state index < -0.39 is 6.09 Å². The molecule has 0 aromatic heterocycles. The Bertz CT molecular complexity index is 831. The minimum atomic E-state index is -0.508. The van der Waals surface area contributed by atoms with Gasteiger partial charge in [0.25, 0.3) is 0 Å². The van der Waals surface area contributed by atoms with Crippen molar-refractivity contribution in [3.63, 3.8) is 0 Å². The van der Waals surface area contributed by atoms with E-state index >= 15 is 0 Å². The molecule has 2 aromatic rings. The Labute approximate surface area is 160 Å². The van der Waals surface area contributed by atoms with Gasteiger partial charge in [-0.1, -0.05) is 48.5 Å². The van der Waals surface area contributed by atoms with Crippen molar-refractivity contribution in [3.05, 3.63) is 70.8 Å². The summed E-state index contributed by atoms with van der Waals surface area (Å²) in [4.78, 5) is 26.2. The lowest BCUT2D eigenvalue weighted by Gasteiger charge is -2.20. The van der Waals surface area contributed by atoms with Gasteiger partial charge in [0.15, 0.2) is 0 Å². The minimum absolute atomic E-state index is 0.142. The normalized spacial score (nSPS) is 18.9. The predicted molar refractivity (Wildman–Crippen MR) is 104 cm³/mol. The number of carbonyl (C=O) groups excluding carboxylic acids is 2. The SMILES string of the molecule is O=C(CCc1ccc2c(c1)CCCC2)N1C(=O)OC[C@@H]1Cc1ccccc1. The summed E-state index contributed by atoms with van der Waals surface area (Å²) in [5.74, 6) is -0.142. The van der Waals surface area contributed by atoms with Gasteiger partial charge in [0.1, 0.15) is 6.61 Å². The van der Waals surface area contributed by atoms with Crippen LogP contribution in [0.3, 0.4) is 0 Å². The fraction of sp³-hybridized carbons (Fsp3) is 0.391. The highest BCUT2D eigenvalue weighted by Gasteiger charge is 2.37. The van der Waals surface area contributed by atoms with Crippen LogP contribution in [-0.2, 0) is 35.2 Å². The number of amides is 2. The lowest BCUT2D eigenvalue weighted by molar-refractivity contribution is -0.129. The second-order valence-corrected chi connectivity index (χ2v) is 7.49. The standard InChI is InChI=1S/C23H25NO3/c25-22(13-11-18-10-12-19-8-4-5-9-20(19)14-18)24-21(16-27-23(24)26)15-17-6-2-1-3-7-17/h1-3,6-7,10,12,14,21H,4-5,8-9,11,13,15-16H2/t21-/m0/s1. The molecule has 4 heteroatoms. The number of hydrogen-bond acceptors (Lipinski definition) is 3. The van der Waals surface area contributed by atoms with Crippen molar-refractivity contribution in [2.24, 2.45) is 0 Å². The third-order valence-corrected chi connectivity index (χ3v) is 5.58. The summed E-state index contributed by atoms with van der Waals surface area (Å²) in [5, 5.41) is 0. The van der Waals surface area contributed by atoms with Crippen molar-refractivity contribution in [2.75, 3.05) is 6.61 Å². The first-order valence-corrected chi connectivity index (χ1v) is 9.84. The van der Waals surface area contributed by atoms with Crippen molar-refractivity contribution in [1.29, 1.82) is 0 Å². The van der Waals surface area contributed by atoms with Crippen molar-refractivity contribution in [2.45, 2.75) is 51.0 Å². The zero-order valence-electron chi connectivity index (χ0n) is 15.5. The number of rotatable bonds is 5. The number of ether oxygens (including phenoxy) is 1. The van der Waals surface area contributed by atoms with Gasteiger partial charge in [-0.05, 0) is 60.8 Å². The van der Waals surface area contributed by atoms with E-state index in [0.29, 0.717) is 19.3 Å². The summed E-state index contributed by atoms with van der Waals surface area (Å²) in [5.41, 5.74) is 5.15. The van der Waals surface area contributed by atoms with E-state index in [9.17, 15) is 9.59 Å². The first-order chi connectivity index (χ1) is 13.2. The highest BCUT2D eigenvalue weighted by molar-refractivity contribution is 5.93. The predicted octanol–water partition coefficient (Wildman–Crippen LogP) is 4.09. The summed E-state index contributed by atoms with van der Waals surface area (Å²) in [7, 11) is 0. The molecule has 0 bridgehead atoms. The van der Waals surface area contributed by atoms with Crippen molar-refractivity contribution in [1.82, 2.24) is 4.90 Å². The second-order valence-electron chi connectivity index (χ2n) is 7.49. The molecule has 0 N–H and O–H groups in total. The van der Waals surface area contributed by atoms with Crippen LogP contribution in [0.25, 0.3) is 0 Å². The van der Waals surface area contributed by atoms with Gasteiger partial charge in [-0.15, -0.1) is 0 Å². The average molecular weight is 363 g/mol. The Kier molecular flexibility index (Phi) is 5.23. The van der Waals surface area contributed by atoms with Gasteiger partial charge < -0.3 is 4.74 Å². The summed E-state index contributed by atoms with van der Waals surface area (Å²) in [6.07, 6.45) is 5.93. The molecule has 1 fully saturated rings. The van der Waals surface area contributed by atoms with E-state index in [4.69, 9.17) is 4.74 Å². The maximum atomic E-state index is 12.7. The highest BCUT2D eigenvalue weighted by atomic mass is 16.6. The van der Waals surface area contributed by atoms with Crippen molar-refractivity contribution >= 4 is 12.0 Å². The molecule has 1 heterocycles. The van der Waals surface area contributed by atoms with E-state index in [-0.39, 0.29) is 18.6 Å². The topological polar surface area (TPSA) is 46.6 Å². The molecule has 4 rings (SSSR count). The summed E-state index contributed by atoms with van der Waals surface area (Å²) >= 11 is 0. The van der Waals surface area contributed by atoms with Crippen LogP contribution < -0.4 is 0 Å². The van der Waals surface area contributed by atoms with Gasteiger partial charge in [-0.2, -0.15) is 0 Å². The van der Waals surface area contributed by atoms with Gasteiger partial charge in [-0.3, -0.25) is 4.79 Å². The number of carbonyl (C=O) groups is 2. The van der Waals surface area contributed by atoms with Crippen LogP contribution in [-0.4, -0.2) is 29.5 Å². The van der Waals surface area contributed by atoms with Crippen LogP contribution >= 0.6 is 0 Å². The molecule has 140 valence electrons. The van der Waals surface area contributed by atoms with Gasteiger partial charge >= 0.3 is 6.09 Å². The maximum absolute atomic E-state index is 12.7. The van der Waals surface area contributed by atoms with Crippen molar-refractivity contribution in [3.8, 4) is 0 Å². The largest absolute Gasteiger partial charge is 0.447 e. The number of benzene rings is 2. The molecule has 2 aromatic carbocycles. The molecule has 0 saturated carbocycles. The molecule has 1 aliphatic carbocycles. The molecule has 27 heavy (non-hydrogen) atoms. The zero-order valence-corrected chi connectivity index (χ0v) is 15.5. The first-order valence-electron chi connectivity index (χ1n) is 9.84. The van der Waals surface area contributed by atoms with Crippen LogP contribution in [0, 0.1) is 0 Å². The fourth-order valence-electron chi connectivity index (χ4n) is 4.12. The van der Waals surface area contributed by atoms with Crippen LogP contribution in [0.4, 0.5) is 4.79 Å². The molecule has 2 aliphatic rings. The third-order valence-electron chi connectivity index (χ3n) is 5.58. The molecule has 0 spiro atoms. The summed E-state index contributed by atoms with van der Waals surface area (Å²) in [6.45, 7) is 0.276. The highest BCUT2D eigenvalue weighted by Crippen LogP contribution is 2.24. The number of fused-ring (bicyclic) bond motifs is 1. The summed E-state index contributed by atoms with van der Waals surface area (Å²) < 4.78 is 5.16. The van der Waals surface area contributed by atoms with E-state index in [1.807, 2.05) is 30.3 Å². The minimum Gasteiger partial charge on any atom is -0.447 e. The zero-order chi connectivity index (χ0) is 18.6. The number of nitrogens with zero attached hydrogens (tertiary/aromatic N) is 1. The van der Waals surface area contributed by atoms with Gasteiger partial charge in [-0.25, -0.2) is 9.69 Å². The molecular weight excluding hydrogens is 338 g/mol. The van der Waals surface area contributed by atoms with Gasteiger partial charge in [0, 0.05) is 6.42 Å². The number of aryl methyl sites for hydroxylation is 3. The molecule has 1 atom stereocenters. The molecule has 4 nitrogen and oxygen atoms in total. The van der Waals surface area contributed by atoms with E-state index in [0.717, 1.165) is 18.4 Å². The summed E-state index contributed by atoms with van der Waals surface area (Å²) in [6, 6.07) is 16.3. The van der Waals surface area contributed by atoms with E-state index in [1.54, 1.807) is 0 Å². The Hall–Kier alpha value is -2.62. The fourth-order valence-corrected chi connectivity index (χ4v) is 4.12. The lowest BCUT2D eigenvalue weighted by atomic mass is 9.89. The lowest BCUT2D eigenvalue weighted by Crippen LogP contribution is -2.40. The molecule has 0 unspecified atom stereocenters. The Morgan fingerprint density at radius 1 is 1.00 bits per heavy atom. The monoisotopic (exact) mass is 363 g/mol. The van der Waals surface area contributed by atoms with Gasteiger partial charge in [0.2, 0.25) is 5.91 Å². The maximum Gasteiger partial charge on any atom is 0.416 e. The molecule has 2 amide bonds. The van der Waals surface area contributed by atoms with E-state index in [1.165, 1.54) is 34.4 Å². The third kappa shape index (κ3) is 4.05. The second kappa shape index (κ2) is 7.95. The number of imide groups is 1. The average Bonchev–Trinajstić information content (AvgIpc) is 3.07. The Balaban J connectivity index is 1.39. The van der Waals surface area contributed by atoms with Gasteiger partial charge in [0.05, 0.1) is 6.04 Å². The quantitative estimate of drug-likeness (QED) is 0.804. The van der Waals surface area contributed by atoms with Crippen LogP contribution in [0.2, 0.25) is 0 Å². The molecular formula is C23H25NO3. The smallest absolute Gasteiger partial charge is 0.416 e. The first kappa shape index (κ1) is 17.8. The number of hydrogen-bond donors (Lipinski definition) is 0. The van der Waals surface area contributed by atoms with Crippen molar-refractivity contribution < 1.29 is 14.3 Å². The molecule has 0 radical (unpaired) electrons. The molecule has 1 aliphatic heterocycles. The number of cyclic esters (lactones) is 1. The van der Waals surface area contributed by atoms with Crippen LogP contribution in [0.1, 0.15) is 41.5 Å². The van der Waals surface area contributed by atoms with E-state index in [2.05, 4.69) is 18.2 Å².